The van der Waals surface area contributed by atoms with Crippen LogP contribution in [0.5, 0.6) is 0 Å². The van der Waals surface area contributed by atoms with Crippen LogP contribution in [-0.4, -0.2) is 47.3 Å². The minimum atomic E-state index is -1.17. The van der Waals surface area contributed by atoms with Crippen LogP contribution in [0.25, 0.3) is 0 Å². The maximum absolute atomic E-state index is 11.4. The van der Waals surface area contributed by atoms with E-state index < -0.39 is 23.7 Å². The third kappa shape index (κ3) is 8.81. The second kappa shape index (κ2) is 7.55. The van der Waals surface area contributed by atoms with Gasteiger partial charge in [-0.05, 0) is 32.3 Å². The van der Waals surface area contributed by atoms with E-state index in [2.05, 4.69) is 10.4 Å². The van der Waals surface area contributed by atoms with Crippen molar-refractivity contribution in [2.24, 2.45) is 5.11 Å². The second-order valence-electron chi connectivity index (χ2n) is 4.96. The molecule has 0 saturated heterocycles. The third-order valence-electron chi connectivity index (χ3n) is 2.05. The number of nitrogens with zero attached hydrogens (tertiary/aromatic N) is 2. The zero-order valence-corrected chi connectivity index (χ0v) is 11.7. The molecule has 0 aromatic carbocycles. The highest BCUT2D eigenvalue weighted by Gasteiger charge is 2.23. The van der Waals surface area contributed by atoms with E-state index in [0.29, 0.717) is 11.3 Å². The van der Waals surface area contributed by atoms with E-state index in [4.69, 9.17) is 9.84 Å². The third-order valence-corrected chi connectivity index (χ3v) is 2.05. The fraction of sp³-hybridized carbons (Fsp3) is 0.818. The number of hydrogen-bond acceptors (Lipinski definition) is 5. The first-order valence-corrected chi connectivity index (χ1v) is 5.92. The summed E-state index contributed by atoms with van der Waals surface area (Å²) in [6.07, 6.45) is -0.366. The maximum atomic E-state index is 11.4. The summed E-state index contributed by atoms with van der Waals surface area (Å²) >= 11 is 0. The van der Waals surface area contributed by atoms with Crippen molar-refractivity contribution in [3.63, 3.8) is 0 Å². The monoisotopic (exact) mass is 275 g/mol. The smallest absolute Gasteiger partial charge is 0.408 e. The molecule has 8 heteroatoms. The van der Waals surface area contributed by atoms with Gasteiger partial charge in [0.2, 0.25) is 0 Å². The lowest BCUT2D eigenvalue weighted by Crippen LogP contribution is -2.43. The quantitative estimate of drug-likeness (QED) is 0.431. The second-order valence-corrected chi connectivity index (χ2v) is 4.96. The number of carboxylic acids is 1. The molecule has 0 aliphatic heterocycles. The zero-order valence-electron chi connectivity index (χ0n) is 11.7. The predicted octanol–water partition coefficient (Wildman–Crippen LogP) is 1.34. The van der Waals surface area contributed by atoms with Gasteiger partial charge in [0.05, 0.1) is 7.05 Å². The Hall–Kier alpha value is -1.86. The number of hydrogen-bond donors (Lipinski definition) is 2. The van der Waals surface area contributed by atoms with Crippen LogP contribution in [0.2, 0.25) is 0 Å². The van der Waals surface area contributed by atoms with Gasteiger partial charge in [-0.1, -0.05) is 4.86 Å². The predicted molar refractivity (Wildman–Crippen MR) is 66.9 cm³/mol. The van der Waals surface area contributed by atoms with Crippen molar-refractivity contribution in [1.82, 2.24) is 5.32 Å². The van der Waals surface area contributed by atoms with E-state index in [9.17, 15) is 14.8 Å². The summed E-state index contributed by atoms with van der Waals surface area (Å²) in [6.45, 7) is 5.12. The zero-order chi connectivity index (χ0) is 15.1. The summed E-state index contributed by atoms with van der Waals surface area (Å²) in [7, 11) is 1.35. The van der Waals surface area contributed by atoms with Crippen molar-refractivity contribution < 1.29 is 24.3 Å². The van der Waals surface area contributed by atoms with E-state index in [1.54, 1.807) is 20.8 Å². The van der Waals surface area contributed by atoms with Gasteiger partial charge in [0.25, 0.3) is 0 Å². The molecule has 0 spiro atoms. The molecule has 0 heterocycles. The largest absolute Gasteiger partial charge is 0.600 e. The van der Waals surface area contributed by atoms with Gasteiger partial charge in [0.1, 0.15) is 11.6 Å². The van der Waals surface area contributed by atoms with E-state index in [1.807, 2.05) is 0 Å². The van der Waals surface area contributed by atoms with Crippen LogP contribution in [-0.2, 0) is 9.53 Å². The molecule has 0 rings (SSSR count). The molecule has 1 amide bonds. The standard InChI is InChI=1S/C11H21N3O5/c1-11(2,3)19-10(17)13-8(9(15)16)6-5-7-14(18)12-4/h8H,5-7H2,1-4H3,(H,13,17)(H,15,16)/t8-/m0/s1. The summed E-state index contributed by atoms with van der Waals surface area (Å²) < 4.78 is 4.96. The average molecular weight is 275 g/mol. The molecule has 2 N–H and O–H groups in total. The van der Waals surface area contributed by atoms with Crippen LogP contribution in [0, 0.1) is 5.21 Å². The van der Waals surface area contributed by atoms with Crippen LogP contribution in [0.15, 0.2) is 5.11 Å². The number of ether oxygens (including phenoxy) is 1. The molecule has 0 radical (unpaired) electrons. The first-order valence-electron chi connectivity index (χ1n) is 5.92. The minimum Gasteiger partial charge on any atom is -0.600 e. The molecule has 1 atom stereocenters. The number of alkyl carbamates (subject to hydrolysis) is 1. The summed E-state index contributed by atoms with van der Waals surface area (Å²) in [5, 5.41) is 25.4. The van der Waals surface area contributed by atoms with Gasteiger partial charge in [-0.3, -0.25) is 0 Å². The van der Waals surface area contributed by atoms with Crippen molar-refractivity contribution in [1.29, 1.82) is 0 Å². The van der Waals surface area contributed by atoms with E-state index in [1.165, 1.54) is 7.05 Å². The van der Waals surface area contributed by atoms with Crippen LogP contribution < -0.4 is 5.32 Å². The Morgan fingerprint density at radius 3 is 2.47 bits per heavy atom. The Balaban J connectivity index is 4.27. The Labute approximate surface area is 112 Å². The molecular weight excluding hydrogens is 254 g/mol. The van der Waals surface area contributed by atoms with Crippen molar-refractivity contribution in [2.75, 3.05) is 13.6 Å². The minimum absolute atomic E-state index is 0.0796. The Morgan fingerprint density at radius 2 is 2.05 bits per heavy atom. The van der Waals surface area contributed by atoms with Crippen molar-refractivity contribution in [3.8, 4) is 0 Å². The highest BCUT2D eigenvalue weighted by atomic mass is 16.6. The number of carbonyl (C=O) groups is 2. The first-order chi connectivity index (χ1) is 8.65. The fourth-order valence-electron chi connectivity index (χ4n) is 1.24. The number of carboxylic acid groups (broad SMARTS) is 1. The number of amides is 1. The molecule has 0 bridgehead atoms. The molecule has 0 aromatic heterocycles. The van der Waals surface area contributed by atoms with Gasteiger partial charge in [0.15, 0.2) is 6.54 Å². The van der Waals surface area contributed by atoms with Crippen molar-refractivity contribution >= 4 is 12.1 Å². The maximum Gasteiger partial charge on any atom is 0.408 e. The van der Waals surface area contributed by atoms with Gasteiger partial charge in [-0.25, -0.2) is 9.59 Å². The average Bonchev–Trinajstić information content (AvgIpc) is 2.24. The highest BCUT2D eigenvalue weighted by molar-refractivity contribution is 5.79. The number of carbonyl (C=O) groups excluding carboxylic acids is 1. The number of nitrogens with one attached hydrogen (secondary N) is 1. The molecule has 110 valence electrons. The molecule has 0 unspecified atom stereocenters. The molecule has 8 nitrogen and oxygen atoms in total. The van der Waals surface area contributed by atoms with Gasteiger partial charge >= 0.3 is 12.1 Å². The number of azo groups is 1. The Morgan fingerprint density at radius 1 is 1.47 bits per heavy atom. The van der Waals surface area contributed by atoms with Gasteiger partial charge < -0.3 is 20.4 Å². The molecular formula is C11H21N3O5. The van der Waals surface area contributed by atoms with Gasteiger partial charge in [0, 0.05) is 6.42 Å². The van der Waals surface area contributed by atoms with Crippen LogP contribution in [0.3, 0.4) is 0 Å². The van der Waals surface area contributed by atoms with Crippen LogP contribution >= 0.6 is 0 Å². The molecule has 0 fully saturated rings. The SMILES string of the molecule is CN=[N+]([O-])CCC[C@H](NC(=O)OC(C)(C)C)C(=O)O. The number of aliphatic carboxylic acids is 1. The fourth-order valence-corrected chi connectivity index (χ4v) is 1.24. The topological polar surface area (TPSA) is 114 Å². The number of rotatable bonds is 6. The van der Waals surface area contributed by atoms with Crippen molar-refractivity contribution in [3.05, 3.63) is 5.21 Å². The molecule has 0 saturated carbocycles. The summed E-state index contributed by atoms with van der Waals surface area (Å²) in [4.78, 5) is 22.9. The molecule has 0 aliphatic rings. The molecule has 0 aliphatic carbocycles. The summed E-state index contributed by atoms with van der Waals surface area (Å²) in [6, 6.07) is -1.08. The van der Waals surface area contributed by atoms with E-state index >= 15 is 0 Å². The van der Waals surface area contributed by atoms with E-state index in [-0.39, 0.29) is 13.0 Å². The Kier molecular flexibility index (Phi) is 6.81. The molecule has 0 aromatic rings. The van der Waals surface area contributed by atoms with Crippen LogP contribution in [0.1, 0.15) is 33.6 Å². The lowest BCUT2D eigenvalue weighted by atomic mass is 10.1. The van der Waals surface area contributed by atoms with Gasteiger partial charge in [-0.2, -0.15) is 0 Å². The van der Waals surface area contributed by atoms with E-state index in [0.717, 1.165) is 0 Å². The lowest BCUT2D eigenvalue weighted by molar-refractivity contribution is -0.528. The number of hydroxylamine groups is 1. The van der Waals surface area contributed by atoms with Gasteiger partial charge in [-0.15, -0.1) is 0 Å². The Bertz CT molecular complexity index is 349. The highest BCUT2D eigenvalue weighted by Crippen LogP contribution is 2.07. The summed E-state index contributed by atoms with van der Waals surface area (Å²) in [5.41, 5.74) is -0.694. The normalized spacial score (nSPS) is 13.8. The summed E-state index contributed by atoms with van der Waals surface area (Å²) in [5.74, 6) is -1.17. The molecule has 19 heavy (non-hydrogen) atoms. The van der Waals surface area contributed by atoms with Crippen LogP contribution in [0.4, 0.5) is 4.79 Å². The first kappa shape index (κ1) is 17.1. The lowest BCUT2D eigenvalue weighted by Gasteiger charge is -2.21. The van der Waals surface area contributed by atoms with Crippen molar-refractivity contribution in [2.45, 2.75) is 45.3 Å².